The number of rotatable bonds is 13. The molecule has 0 fully saturated rings. The summed E-state index contributed by atoms with van der Waals surface area (Å²) in [6, 6.07) is 0. The van der Waals surface area contributed by atoms with E-state index in [0.29, 0.717) is 32.8 Å². The first-order valence-electron chi connectivity index (χ1n) is 6.39. The van der Waals surface area contributed by atoms with Gasteiger partial charge >= 0.3 is 5.97 Å². The number of hydrogen-bond acceptors (Lipinski definition) is 5. The summed E-state index contributed by atoms with van der Waals surface area (Å²) < 4.78 is 20.9. The van der Waals surface area contributed by atoms with E-state index in [-0.39, 0.29) is 18.9 Å². The fraction of sp³-hybridized carbons (Fsp3) is 0.643. The maximum Gasteiger partial charge on any atom is 0.307 e. The van der Waals surface area contributed by atoms with Gasteiger partial charge in [0.1, 0.15) is 6.10 Å². The molecule has 0 aliphatic heterocycles. The van der Waals surface area contributed by atoms with Crippen molar-refractivity contribution in [1.82, 2.24) is 0 Å². The molecule has 0 atom stereocenters. The van der Waals surface area contributed by atoms with Gasteiger partial charge in [0.25, 0.3) is 0 Å². The molecule has 0 heterocycles. The van der Waals surface area contributed by atoms with Crippen molar-refractivity contribution < 1.29 is 23.7 Å². The van der Waals surface area contributed by atoms with Crippen molar-refractivity contribution in [2.45, 2.75) is 25.9 Å². The minimum Gasteiger partial charge on any atom is -0.438 e. The summed E-state index contributed by atoms with van der Waals surface area (Å²) in [4.78, 5) is 11.2. The first-order chi connectivity index (χ1) is 9.24. The number of hydrogen-bond donors (Lipinski definition) is 0. The molecule has 0 aliphatic carbocycles. The van der Waals surface area contributed by atoms with Crippen LogP contribution in [0.15, 0.2) is 25.3 Å². The van der Waals surface area contributed by atoms with Crippen LogP contribution in [-0.4, -0.2) is 45.3 Å². The molecule has 0 aromatic heterocycles. The quantitative estimate of drug-likeness (QED) is 0.222. The lowest BCUT2D eigenvalue weighted by atomic mass is 10.3. The molecule has 5 heteroatoms. The molecule has 0 amide bonds. The Bertz CT molecular complexity index is 238. The van der Waals surface area contributed by atoms with Gasteiger partial charge in [0.05, 0.1) is 26.4 Å². The van der Waals surface area contributed by atoms with Crippen LogP contribution in [0.2, 0.25) is 0 Å². The number of esters is 1. The number of carbonyl (C=O) groups is 1. The van der Waals surface area contributed by atoms with Crippen LogP contribution in [0.3, 0.4) is 0 Å². The van der Waals surface area contributed by atoms with E-state index in [1.165, 1.54) is 0 Å². The Balaban J connectivity index is 3.84. The van der Waals surface area contributed by atoms with Crippen molar-refractivity contribution in [3.8, 4) is 0 Å². The highest BCUT2D eigenvalue weighted by Crippen LogP contribution is 1.98. The Morgan fingerprint density at radius 3 is 2.21 bits per heavy atom. The van der Waals surface area contributed by atoms with Crippen LogP contribution in [0, 0.1) is 0 Å². The fourth-order valence-electron chi connectivity index (χ4n) is 1.18. The van der Waals surface area contributed by atoms with Crippen LogP contribution >= 0.6 is 0 Å². The zero-order valence-electron chi connectivity index (χ0n) is 11.6. The summed E-state index contributed by atoms with van der Waals surface area (Å²) in [5.74, 6) is -0.264. The minimum absolute atomic E-state index is 0.0849. The molecule has 0 aliphatic rings. The zero-order chi connectivity index (χ0) is 14.3. The van der Waals surface area contributed by atoms with Crippen LogP contribution in [-0.2, 0) is 23.7 Å². The Morgan fingerprint density at radius 2 is 1.74 bits per heavy atom. The predicted octanol–water partition coefficient (Wildman–Crippen LogP) is 2.08. The lowest BCUT2D eigenvalue weighted by Crippen LogP contribution is -2.27. The van der Waals surface area contributed by atoms with Crippen LogP contribution < -0.4 is 0 Å². The Morgan fingerprint density at radius 1 is 1.16 bits per heavy atom. The second kappa shape index (κ2) is 13.3. The van der Waals surface area contributed by atoms with Crippen molar-refractivity contribution in [3.05, 3.63) is 25.3 Å². The molecule has 110 valence electrons. The van der Waals surface area contributed by atoms with Crippen LogP contribution in [0.25, 0.3) is 0 Å². The Kier molecular flexibility index (Phi) is 12.4. The number of carbonyl (C=O) groups excluding carboxylic acids is 1. The lowest BCUT2D eigenvalue weighted by Gasteiger charge is -2.17. The van der Waals surface area contributed by atoms with Gasteiger partial charge in [-0.15, -0.1) is 13.2 Å². The molecule has 0 saturated heterocycles. The van der Waals surface area contributed by atoms with Crippen molar-refractivity contribution in [2.75, 3.05) is 33.2 Å². The van der Waals surface area contributed by atoms with E-state index in [1.807, 2.05) is 6.92 Å². The van der Waals surface area contributed by atoms with E-state index in [2.05, 4.69) is 13.2 Å². The fourth-order valence-corrected chi connectivity index (χ4v) is 1.18. The van der Waals surface area contributed by atoms with Crippen molar-refractivity contribution in [3.63, 3.8) is 0 Å². The first kappa shape index (κ1) is 17.8. The molecule has 0 N–H and O–H groups in total. The zero-order valence-corrected chi connectivity index (χ0v) is 11.6. The van der Waals surface area contributed by atoms with E-state index in [9.17, 15) is 4.79 Å². The SMILES string of the molecule is C=CCOCC(COCC=C)OCOC(=O)CCC. The summed E-state index contributed by atoms with van der Waals surface area (Å²) in [5.41, 5.74) is 0. The minimum atomic E-state index is -0.283. The molecule has 0 bridgehead atoms. The summed E-state index contributed by atoms with van der Waals surface area (Å²) in [6.45, 7) is 10.5. The third-order valence-corrected chi connectivity index (χ3v) is 2.06. The van der Waals surface area contributed by atoms with Crippen LogP contribution in [0.4, 0.5) is 0 Å². The highest BCUT2D eigenvalue weighted by molar-refractivity contribution is 5.69. The molecule has 19 heavy (non-hydrogen) atoms. The van der Waals surface area contributed by atoms with Crippen molar-refractivity contribution in [1.29, 1.82) is 0 Å². The summed E-state index contributed by atoms with van der Waals surface area (Å²) in [6.07, 6.45) is 4.18. The first-order valence-corrected chi connectivity index (χ1v) is 6.39. The van der Waals surface area contributed by atoms with Gasteiger partial charge in [0, 0.05) is 6.42 Å². The molecule has 0 spiro atoms. The van der Waals surface area contributed by atoms with Crippen LogP contribution in [0.5, 0.6) is 0 Å². The van der Waals surface area contributed by atoms with Gasteiger partial charge in [-0.05, 0) is 6.42 Å². The molecule has 5 nitrogen and oxygen atoms in total. The molecular weight excluding hydrogens is 248 g/mol. The molecule has 0 aromatic carbocycles. The Labute approximate surface area is 115 Å². The van der Waals surface area contributed by atoms with Crippen molar-refractivity contribution in [2.24, 2.45) is 0 Å². The van der Waals surface area contributed by atoms with E-state index in [0.717, 1.165) is 6.42 Å². The normalized spacial score (nSPS) is 10.4. The lowest BCUT2D eigenvalue weighted by molar-refractivity contribution is -0.167. The molecule has 0 rings (SSSR count). The maximum atomic E-state index is 11.2. The topological polar surface area (TPSA) is 54.0 Å². The van der Waals surface area contributed by atoms with Crippen LogP contribution in [0.1, 0.15) is 19.8 Å². The van der Waals surface area contributed by atoms with E-state index < -0.39 is 0 Å². The number of ether oxygens (including phenoxy) is 4. The van der Waals surface area contributed by atoms with Gasteiger partial charge in [-0.25, -0.2) is 0 Å². The molecule has 0 unspecified atom stereocenters. The molecule has 0 saturated carbocycles. The average Bonchev–Trinajstić information content (AvgIpc) is 2.39. The average molecular weight is 272 g/mol. The van der Waals surface area contributed by atoms with Crippen molar-refractivity contribution >= 4 is 5.97 Å². The third kappa shape index (κ3) is 11.6. The standard InChI is InChI=1S/C14H24O5/c1-4-7-14(15)19-12-18-13(10-16-8-5-2)11-17-9-6-3/h5-6,13H,2-4,7-12H2,1H3. The van der Waals surface area contributed by atoms with E-state index in [1.54, 1.807) is 12.2 Å². The second-order valence-corrected chi connectivity index (χ2v) is 3.83. The second-order valence-electron chi connectivity index (χ2n) is 3.83. The largest absolute Gasteiger partial charge is 0.438 e. The van der Waals surface area contributed by atoms with Gasteiger partial charge in [-0.3, -0.25) is 4.79 Å². The summed E-state index contributed by atoms with van der Waals surface area (Å²) in [5, 5.41) is 0. The van der Waals surface area contributed by atoms with E-state index in [4.69, 9.17) is 18.9 Å². The third-order valence-electron chi connectivity index (χ3n) is 2.06. The summed E-state index contributed by atoms with van der Waals surface area (Å²) >= 11 is 0. The van der Waals surface area contributed by atoms with E-state index >= 15 is 0 Å². The van der Waals surface area contributed by atoms with Gasteiger partial charge in [0.2, 0.25) is 0 Å². The monoisotopic (exact) mass is 272 g/mol. The van der Waals surface area contributed by atoms with Gasteiger partial charge in [-0.1, -0.05) is 19.1 Å². The van der Waals surface area contributed by atoms with Gasteiger partial charge < -0.3 is 18.9 Å². The van der Waals surface area contributed by atoms with Gasteiger partial charge in [-0.2, -0.15) is 0 Å². The molecular formula is C14H24O5. The molecule has 0 aromatic rings. The van der Waals surface area contributed by atoms with Gasteiger partial charge in [0.15, 0.2) is 6.79 Å². The maximum absolute atomic E-state index is 11.2. The highest BCUT2D eigenvalue weighted by Gasteiger charge is 2.11. The highest BCUT2D eigenvalue weighted by atomic mass is 16.7. The smallest absolute Gasteiger partial charge is 0.307 e. The predicted molar refractivity (Wildman–Crippen MR) is 72.8 cm³/mol. The summed E-state index contributed by atoms with van der Waals surface area (Å²) in [7, 11) is 0. The Hall–Kier alpha value is -1.17. The molecule has 0 radical (unpaired) electrons.